The number of alkyl halides is 3. The van der Waals surface area contributed by atoms with Crippen LogP contribution in [0.25, 0.3) is 6.08 Å². The monoisotopic (exact) mass is 390 g/mol. The number of hydrogen-bond donors (Lipinski definition) is 3. The van der Waals surface area contributed by atoms with Crippen molar-refractivity contribution in [2.75, 3.05) is 11.9 Å². The van der Waals surface area contributed by atoms with Crippen molar-refractivity contribution in [3.8, 4) is 0 Å². The molecule has 0 aromatic carbocycles. The van der Waals surface area contributed by atoms with Crippen LogP contribution in [0, 0.1) is 11.8 Å². The van der Waals surface area contributed by atoms with Gasteiger partial charge < -0.3 is 10.6 Å². The van der Waals surface area contributed by atoms with Crippen LogP contribution < -0.4 is 21.3 Å². The van der Waals surface area contributed by atoms with E-state index in [9.17, 15) is 13.2 Å². The molecule has 148 valence electrons. The van der Waals surface area contributed by atoms with Gasteiger partial charge >= 0.3 is 0 Å². The van der Waals surface area contributed by atoms with Crippen molar-refractivity contribution in [1.82, 2.24) is 15.5 Å². The van der Waals surface area contributed by atoms with E-state index in [0.717, 1.165) is 11.3 Å². The Morgan fingerprint density at radius 1 is 1.21 bits per heavy atom. The lowest BCUT2D eigenvalue weighted by Crippen LogP contribution is -2.42. The number of anilines is 1. The van der Waals surface area contributed by atoms with Gasteiger partial charge in [-0.15, -0.1) is 0 Å². The number of allylic oxidation sites excluding steroid dienone is 4. The summed E-state index contributed by atoms with van der Waals surface area (Å²) in [5.74, 6) is -0.594. The molecule has 3 N–H and O–H groups in total. The van der Waals surface area contributed by atoms with E-state index in [1.54, 1.807) is 18.2 Å². The van der Waals surface area contributed by atoms with Gasteiger partial charge in [0.1, 0.15) is 18.2 Å². The minimum absolute atomic E-state index is 0.0683. The van der Waals surface area contributed by atoms with Gasteiger partial charge in [-0.2, -0.15) is 5.10 Å². The molecule has 0 fully saturated rings. The topological polar surface area (TPSA) is 77.5 Å². The Bertz CT molecular complexity index is 1000. The first-order chi connectivity index (χ1) is 13.4. The number of nitrogens with zero attached hydrogens (tertiary/aromatic N) is 3. The molecular formula is C19H21F3N6. The normalized spacial score (nSPS) is 29.0. The molecule has 3 aliphatic rings. The van der Waals surface area contributed by atoms with Gasteiger partial charge in [0.15, 0.2) is 11.3 Å². The molecule has 6 nitrogen and oxygen atoms in total. The molecule has 0 saturated carbocycles. The molecule has 0 radical (unpaired) electrons. The van der Waals surface area contributed by atoms with Crippen LogP contribution in [0.1, 0.15) is 13.8 Å². The van der Waals surface area contributed by atoms with Crippen molar-refractivity contribution in [1.29, 1.82) is 0 Å². The van der Waals surface area contributed by atoms with E-state index in [-0.39, 0.29) is 6.54 Å². The predicted octanol–water partition coefficient (Wildman–Crippen LogP) is 1.82. The molecule has 0 amide bonds. The number of halogens is 3. The maximum Gasteiger partial charge on any atom is 0.245 e. The number of fused-ring (bicyclic) bond motifs is 1. The molecule has 0 saturated heterocycles. The molecule has 1 aliphatic carbocycles. The molecule has 4 atom stereocenters. The second-order valence-corrected chi connectivity index (χ2v) is 7.06. The minimum atomic E-state index is -2.49. The van der Waals surface area contributed by atoms with Crippen LogP contribution in [0.4, 0.5) is 19.0 Å². The molecule has 4 unspecified atom stereocenters. The molecule has 0 spiro atoms. The van der Waals surface area contributed by atoms with E-state index in [4.69, 9.17) is 0 Å². The fraction of sp³-hybridized carbons (Fsp3) is 0.421. The Kier molecular flexibility index (Phi) is 4.82. The molecule has 2 aliphatic heterocycles. The summed E-state index contributed by atoms with van der Waals surface area (Å²) in [7, 11) is 0. The average Bonchev–Trinajstić information content (AvgIpc) is 3.07. The lowest BCUT2D eigenvalue weighted by molar-refractivity contribution is 0.0904. The minimum Gasteiger partial charge on any atom is -0.347 e. The Morgan fingerprint density at radius 2 is 2.00 bits per heavy atom. The van der Waals surface area contributed by atoms with E-state index < -0.39 is 30.6 Å². The molecular weight excluding hydrogens is 369 g/mol. The lowest BCUT2D eigenvalue weighted by atomic mass is 9.87. The first-order valence-corrected chi connectivity index (χ1v) is 9.10. The Hall–Kier alpha value is -2.84. The smallest absolute Gasteiger partial charge is 0.245 e. The summed E-state index contributed by atoms with van der Waals surface area (Å²) >= 11 is 0. The van der Waals surface area contributed by atoms with Crippen molar-refractivity contribution >= 4 is 17.7 Å². The quantitative estimate of drug-likeness (QED) is 0.734. The third-order valence-corrected chi connectivity index (χ3v) is 5.20. The number of aliphatic imine (C=N–C) groups is 1. The highest BCUT2D eigenvalue weighted by Gasteiger charge is 2.33. The summed E-state index contributed by atoms with van der Waals surface area (Å²) in [6, 6.07) is 0. The molecule has 9 heteroatoms. The Morgan fingerprint density at radius 3 is 2.79 bits per heavy atom. The largest absolute Gasteiger partial charge is 0.347 e. The third kappa shape index (κ3) is 3.36. The molecule has 28 heavy (non-hydrogen) atoms. The number of aromatic nitrogens is 2. The van der Waals surface area contributed by atoms with Crippen LogP contribution in [0.5, 0.6) is 0 Å². The van der Waals surface area contributed by atoms with E-state index >= 15 is 0 Å². The second-order valence-electron chi connectivity index (χ2n) is 7.06. The van der Waals surface area contributed by atoms with Crippen LogP contribution >= 0.6 is 0 Å². The van der Waals surface area contributed by atoms with Gasteiger partial charge in [-0.1, -0.05) is 24.3 Å². The maximum absolute atomic E-state index is 13.7. The van der Waals surface area contributed by atoms with Crippen molar-refractivity contribution in [3.05, 3.63) is 46.3 Å². The number of H-pyrrole nitrogens is 1. The number of nitrogens with one attached hydrogen (secondary N) is 3. The molecule has 3 heterocycles. The van der Waals surface area contributed by atoms with Gasteiger partial charge in [-0.05, 0) is 25.5 Å². The van der Waals surface area contributed by atoms with E-state index in [1.165, 1.54) is 12.2 Å². The standard InChI is InChI=1S/C19H21F3N6/c1-9-10(2)24-18(13-6-4-3-5-12(13)15(21)22)25-16(9)26-19-14-7-11(20)8-23-17(14)27-28-19/h3-7,11-13,15-16H,8H2,1-2H3,(H,23,27)(H,24,25)(H,26,28). The molecule has 1 aromatic rings. The van der Waals surface area contributed by atoms with E-state index in [1.807, 2.05) is 13.8 Å². The van der Waals surface area contributed by atoms with Crippen LogP contribution in [0.15, 0.2) is 45.6 Å². The van der Waals surface area contributed by atoms with Crippen molar-refractivity contribution in [3.63, 3.8) is 0 Å². The summed E-state index contributed by atoms with van der Waals surface area (Å²) in [6.45, 7) is 3.84. The molecule has 1 aromatic heterocycles. The fourth-order valence-electron chi connectivity index (χ4n) is 3.48. The van der Waals surface area contributed by atoms with Crippen LogP contribution in [-0.4, -0.2) is 41.3 Å². The number of amidine groups is 1. The lowest BCUT2D eigenvalue weighted by Gasteiger charge is -2.31. The average molecular weight is 390 g/mol. The van der Waals surface area contributed by atoms with Crippen molar-refractivity contribution < 1.29 is 13.2 Å². The first-order valence-electron chi connectivity index (χ1n) is 9.10. The second kappa shape index (κ2) is 7.29. The number of rotatable bonds is 4. The Labute approximate surface area is 159 Å². The van der Waals surface area contributed by atoms with Gasteiger partial charge in [0.2, 0.25) is 6.43 Å². The van der Waals surface area contributed by atoms with Gasteiger partial charge in [-0.3, -0.25) is 10.1 Å². The number of aromatic amines is 1. The van der Waals surface area contributed by atoms with Crippen LogP contribution in [0.2, 0.25) is 0 Å². The predicted molar refractivity (Wildman–Crippen MR) is 101 cm³/mol. The third-order valence-electron chi connectivity index (χ3n) is 5.20. The maximum atomic E-state index is 13.7. The zero-order valence-corrected chi connectivity index (χ0v) is 15.5. The molecule has 4 rings (SSSR count). The first kappa shape index (κ1) is 18.5. The van der Waals surface area contributed by atoms with Crippen molar-refractivity contribution in [2.24, 2.45) is 21.8 Å². The SMILES string of the molecule is CC1=C(C)C(Nc2n[nH]c3c2=CC(F)CN=3)N=C(C2C=CC=CC2C(F)F)N1. The van der Waals surface area contributed by atoms with Crippen LogP contribution in [-0.2, 0) is 0 Å². The Balaban J connectivity index is 1.66. The van der Waals surface area contributed by atoms with E-state index in [2.05, 4.69) is 30.8 Å². The summed E-state index contributed by atoms with van der Waals surface area (Å²) in [5, 5.41) is 13.9. The van der Waals surface area contributed by atoms with Gasteiger partial charge in [0.25, 0.3) is 0 Å². The van der Waals surface area contributed by atoms with Crippen molar-refractivity contribution in [2.45, 2.75) is 32.6 Å². The summed E-state index contributed by atoms with van der Waals surface area (Å²) in [4.78, 5) is 8.75. The van der Waals surface area contributed by atoms with Gasteiger partial charge in [0.05, 0.1) is 17.7 Å². The highest BCUT2D eigenvalue weighted by atomic mass is 19.3. The van der Waals surface area contributed by atoms with Gasteiger partial charge in [0, 0.05) is 11.6 Å². The fourth-order valence-corrected chi connectivity index (χ4v) is 3.48. The summed E-state index contributed by atoms with van der Waals surface area (Å²) < 4.78 is 40.6. The zero-order valence-electron chi connectivity index (χ0n) is 15.5. The number of hydrogen-bond acceptors (Lipinski definition) is 5. The summed E-state index contributed by atoms with van der Waals surface area (Å²) in [5.41, 5.74) is 2.25. The summed E-state index contributed by atoms with van der Waals surface area (Å²) in [6.07, 6.45) is 3.91. The molecule has 0 bridgehead atoms. The van der Waals surface area contributed by atoms with E-state index in [0.29, 0.717) is 22.4 Å². The van der Waals surface area contributed by atoms with Crippen LogP contribution in [0.3, 0.4) is 0 Å². The zero-order chi connectivity index (χ0) is 19.8. The highest BCUT2D eigenvalue weighted by Crippen LogP contribution is 2.29. The van der Waals surface area contributed by atoms with Gasteiger partial charge in [-0.25, -0.2) is 18.2 Å². The highest BCUT2D eigenvalue weighted by molar-refractivity contribution is 5.90.